The second-order valence-corrected chi connectivity index (χ2v) is 7.20. The molecule has 7 nitrogen and oxygen atoms in total. The maximum absolute atomic E-state index is 12.8. The molecule has 1 aliphatic heterocycles. The molecule has 1 aliphatic rings. The number of piperazine rings is 1. The molecule has 0 saturated carbocycles. The number of nitrogens with two attached hydrogens (primary N) is 1. The van der Waals surface area contributed by atoms with Crippen LogP contribution in [0.1, 0.15) is 18.1 Å². The highest BCUT2D eigenvalue weighted by Gasteiger charge is 2.28. The molecule has 0 bridgehead atoms. The molecule has 2 N–H and O–H groups in total. The van der Waals surface area contributed by atoms with Gasteiger partial charge in [-0.3, -0.25) is 4.79 Å². The number of hydrogen-bond acceptors (Lipinski definition) is 5. The smallest absolute Gasteiger partial charge is 0.409 e. The molecule has 2 amide bonds. The van der Waals surface area contributed by atoms with E-state index in [1.807, 2.05) is 54.6 Å². The van der Waals surface area contributed by atoms with Gasteiger partial charge in [-0.2, -0.15) is 0 Å². The Kier molecular flexibility index (Phi) is 7.68. The Hall–Kier alpha value is -3.06. The Balaban J connectivity index is 1.55. The Labute approximate surface area is 177 Å². The standard InChI is InChI=1S/C23H29N3O4/c1-2-29-23(28)26-14-12-25(13-15-26)22(27)20(24)16-19-10-6-7-11-21(19)30-17-18-8-4-3-5-9-18/h3-11,20H,2,12-17,24H2,1H3. The number of rotatable bonds is 7. The summed E-state index contributed by atoms with van der Waals surface area (Å²) in [4.78, 5) is 28.0. The van der Waals surface area contributed by atoms with Crippen molar-refractivity contribution in [1.29, 1.82) is 0 Å². The lowest BCUT2D eigenvalue weighted by Gasteiger charge is -2.35. The van der Waals surface area contributed by atoms with Crippen LogP contribution >= 0.6 is 0 Å². The predicted octanol–water partition coefficient (Wildman–Crippen LogP) is 2.44. The van der Waals surface area contributed by atoms with E-state index in [9.17, 15) is 9.59 Å². The van der Waals surface area contributed by atoms with Gasteiger partial charge >= 0.3 is 6.09 Å². The zero-order valence-corrected chi connectivity index (χ0v) is 17.3. The molecule has 0 aromatic heterocycles. The SMILES string of the molecule is CCOC(=O)N1CCN(C(=O)C(N)Cc2ccccc2OCc2ccccc2)CC1. The van der Waals surface area contributed by atoms with Crippen molar-refractivity contribution >= 4 is 12.0 Å². The van der Waals surface area contributed by atoms with Crippen LogP contribution in [-0.4, -0.2) is 60.6 Å². The van der Waals surface area contributed by atoms with Gasteiger partial charge in [-0.1, -0.05) is 48.5 Å². The Morgan fingerprint density at radius 3 is 2.30 bits per heavy atom. The third kappa shape index (κ3) is 5.73. The van der Waals surface area contributed by atoms with Gasteiger partial charge in [0.15, 0.2) is 0 Å². The van der Waals surface area contributed by atoms with Crippen molar-refractivity contribution in [3.63, 3.8) is 0 Å². The van der Waals surface area contributed by atoms with E-state index in [0.717, 1.165) is 16.9 Å². The molecule has 1 unspecified atom stereocenters. The van der Waals surface area contributed by atoms with Crippen LogP contribution in [0.3, 0.4) is 0 Å². The topological polar surface area (TPSA) is 85.1 Å². The van der Waals surface area contributed by atoms with Crippen molar-refractivity contribution in [3.05, 3.63) is 65.7 Å². The zero-order chi connectivity index (χ0) is 21.3. The fourth-order valence-electron chi connectivity index (χ4n) is 3.43. The minimum atomic E-state index is -0.666. The number of ether oxygens (including phenoxy) is 2. The number of amides is 2. The van der Waals surface area contributed by atoms with E-state index in [1.54, 1.807) is 16.7 Å². The normalized spacial score (nSPS) is 14.9. The largest absolute Gasteiger partial charge is 0.489 e. The van der Waals surface area contributed by atoms with E-state index in [2.05, 4.69) is 0 Å². The second-order valence-electron chi connectivity index (χ2n) is 7.20. The number of benzene rings is 2. The monoisotopic (exact) mass is 411 g/mol. The quantitative estimate of drug-likeness (QED) is 0.756. The molecule has 0 spiro atoms. The van der Waals surface area contributed by atoms with Gasteiger partial charge in [-0.25, -0.2) is 4.79 Å². The molecular weight excluding hydrogens is 382 g/mol. The first-order valence-electron chi connectivity index (χ1n) is 10.3. The van der Waals surface area contributed by atoms with Crippen LogP contribution in [-0.2, 0) is 22.6 Å². The third-order valence-corrected chi connectivity index (χ3v) is 5.08. The number of carbonyl (C=O) groups is 2. The van der Waals surface area contributed by atoms with Gasteiger partial charge < -0.3 is 25.0 Å². The highest BCUT2D eigenvalue weighted by atomic mass is 16.6. The Bertz CT molecular complexity index is 835. The summed E-state index contributed by atoms with van der Waals surface area (Å²) in [7, 11) is 0. The van der Waals surface area contributed by atoms with Gasteiger partial charge in [0, 0.05) is 32.6 Å². The summed E-state index contributed by atoms with van der Waals surface area (Å²) < 4.78 is 11.0. The van der Waals surface area contributed by atoms with Crippen LogP contribution in [0, 0.1) is 0 Å². The minimum absolute atomic E-state index is 0.114. The number of hydrogen-bond donors (Lipinski definition) is 1. The first-order valence-corrected chi connectivity index (χ1v) is 10.3. The van der Waals surface area contributed by atoms with E-state index in [0.29, 0.717) is 45.8 Å². The maximum Gasteiger partial charge on any atom is 0.409 e. The average molecular weight is 412 g/mol. The van der Waals surface area contributed by atoms with Crippen LogP contribution in [0.15, 0.2) is 54.6 Å². The number of carbonyl (C=O) groups excluding carboxylic acids is 2. The molecule has 0 radical (unpaired) electrons. The van der Waals surface area contributed by atoms with Crippen molar-refractivity contribution in [2.45, 2.75) is 26.0 Å². The Morgan fingerprint density at radius 2 is 1.60 bits per heavy atom. The van der Waals surface area contributed by atoms with Gasteiger partial charge in [-0.05, 0) is 24.1 Å². The average Bonchev–Trinajstić information content (AvgIpc) is 2.79. The van der Waals surface area contributed by atoms with E-state index < -0.39 is 6.04 Å². The van der Waals surface area contributed by atoms with Crippen LogP contribution in [0.2, 0.25) is 0 Å². The lowest BCUT2D eigenvalue weighted by Crippen LogP contribution is -2.54. The molecule has 30 heavy (non-hydrogen) atoms. The van der Waals surface area contributed by atoms with Gasteiger partial charge in [0.2, 0.25) is 5.91 Å². The molecule has 1 heterocycles. The van der Waals surface area contributed by atoms with Crippen LogP contribution in [0.4, 0.5) is 4.79 Å². The molecule has 2 aromatic rings. The van der Waals surface area contributed by atoms with Gasteiger partial charge in [0.05, 0.1) is 12.6 Å². The molecule has 1 fully saturated rings. The lowest BCUT2D eigenvalue weighted by molar-refractivity contribution is -0.134. The summed E-state index contributed by atoms with van der Waals surface area (Å²) in [6, 6.07) is 16.9. The van der Waals surface area contributed by atoms with Crippen LogP contribution < -0.4 is 10.5 Å². The van der Waals surface area contributed by atoms with Crippen LogP contribution in [0.5, 0.6) is 5.75 Å². The zero-order valence-electron chi connectivity index (χ0n) is 17.3. The summed E-state index contributed by atoms with van der Waals surface area (Å²) >= 11 is 0. The van der Waals surface area contributed by atoms with Crippen molar-refractivity contribution in [1.82, 2.24) is 9.80 Å². The first kappa shape index (κ1) is 21.6. The van der Waals surface area contributed by atoms with Crippen molar-refractivity contribution < 1.29 is 19.1 Å². The number of para-hydroxylation sites is 1. The summed E-state index contributed by atoms with van der Waals surface area (Å²) in [5, 5.41) is 0. The summed E-state index contributed by atoms with van der Waals surface area (Å²) in [6.07, 6.45) is 0.0559. The summed E-state index contributed by atoms with van der Waals surface area (Å²) in [5.74, 6) is 0.619. The van der Waals surface area contributed by atoms with Gasteiger partial charge in [0.25, 0.3) is 0 Å². The molecule has 2 aromatic carbocycles. The van der Waals surface area contributed by atoms with E-state index >= 15 is 0 Å². The highest BCUT2D eigenvalue weighted by molar-refractivity contribution is 5.82. The molecule has 3 rings (SSSR count). The maximum atomic E-state index is 12.8. The lowest BCUT2D eigenvalue weighted by atomic mass is 10.0. The molecule has 160 valence electrons. The highest BCUT2D eigenvalue weighted by Crippen LogP contribution is 2.21. The minimum Gasteiger partial charge on any atom is -0.489 e. The van der Waals surface area contributed by atoms with E-state index in [1.165, 1.54) is 0 Å². The predicted molar refractivity (Wildman–Crippen MR) is 114 cm³/mol. The fourth-order valence-corrected chi connectivity index (χ4v) is 3.43. The van der Waals surface area contributed by atoms with Gasteiger partial charge in [-0.15, -0.1) is 0 Å². The second kappa shape index (κ2) is 10.6. The summed E-state index contributed by atoms with van der Waals surface area (Å²) in [5.41, 5.74) is 8.22. The first-order chi connectivity index (χ1) is 14.6. The number of nitrogens with zero attached hydrogens (tertiary/aromatic N) is 2. The van der Waals surface area contributed by atoms with Crippen molar-refractivity contribution in [2.24, 2.45) is 5.73 Å². The molecule has 1 atom stereocenters. The van der Waals surface area contributed by atoms with Gasteiger partial charge in [0.1, 0.15) is 12.4 Å². The molecule has 0 aliphatic carbocycles. The van der Waals surface area contributed by atoms with Crippen LogP contribution in [0.25, 0.3) is 0 Å². The van der Waals surface area contributed by atoms with Crippen molar-refractivity contribution in [3.8, 4) is 5.75 Å². The Morgan fingerprint density at radius 1 is 0.967 bits per heavy atom. The molecular formula is C23H29N3O4. The van der Waals surface area contributed by atoms with E-state index in [-0.39, 0.29) is 12.0 Å². The molecule has 1 saturated heterocycles. The molecule has 7 heteroatoms. The van der Waals surface area contributed by atoms with E-state index in [4.69, 9.17) is 15.2 Å². The van der Waals surface area contributed by atoms with Crippen molar-refractivity contribution in [2.75, 3.05) is 32.8 Å². The fraction of sp³-hybridized carbons (Fsp3) is 0.391. The summed E-state index contributed by atoms with van der Waals surface area (Å²) in [6.45, 7) is 4.39. The third-order valence-electron chi connectivity index (χ3n) is 5.08.